The maximum absolute atomic E-state index is 6.59. The molecule has 4 heteroatoms. The summed E-state index contributed by atoms with van der Waals surface area (Å²) in [6.07, 6.45) is 3.60. The lowest BCUT2D eigenvalue weighted by Gasteiger charge is -2.11. The van der Waals surface area contributed by atoms with E-state index < -0.39 is 0 Å². The van der Waals surface area contributed by atoms with Gasteiger partial charge in [-0.1, -0.05) is 109 Å². The van der Waals surface area contributed by atoms with Crippen LogP contribution in [0.4, 0.5) is 0 Å². The molecular formula is C47H29N3O. The molecular weight excluding hydrogens is 623 g/mol. The van der Waals surface area contributed by atoms with Gasteiger partial charge in [-0.2, -0.15) is 0 Å². The third-order valence-corrected chi connectivity index (χ3v) is 9.79. The molecule has 0 N–H and O–H groups in total. The molecule has 0 spiro atoms. The van der Waals surface area contributed by atoms with Crippen molar-refractivity contribution in [2.45, 2.75) is 0 Å². The molecule has 4 aromatic heterocycles. The summed E-state index contributed by atoms with van der Waals surface area (Å²) in [5, 5.41) is 6.96. The molecule has 10 rings (SSSR count). The Morgan fingerprint density at radius 2 is 0.980 bits per heavy atom. The Bertz CT molecular complexity index is 2830. The van der Waals surface area contributed by atoms with Gasteiger partial charge in [0.25, 0.3) is 0 Å². The standard InChI is InChI=1S/C47H29N3O/c1-2-12-35-31(10-1)11-9-15-36(35)33-22-23-46-40(26-33)41-29-39(37-13-3-4-14-38(37)47(41)51-46)32-20-18-30(19-21-32)34-27-44(42-16-5-7-24-48-42)50-45(28-34)43-17-6-8-25-49-43/h1-29H. The molecule has 0 aliphatic rings. The van der Waals surface area contributed by atoms with Crippen molar-refractivity contribution < 1.29 is 4.42 Å². The minimum absolute atomic E-state index is 0.809. The number of aromatic nitrogens is 3. The molecule has 238 valence electrons. The quantitative estimate of drug-likeness (QED) is 0.186. The van der Waals surface area contributed by atoms with Crippen LogP contribution in [0.2, 0.25) is 0 Å². The lowest BCUT2D eigenvalue weighted by atomic mass is 9.93. The Morgan fingerprint density at radius 3 is 1.71 bits per heavy atom. The molecule has 0 atom stereocenters. The molecule has 0 saturated carbocycles. The van der Waals surface area contributed by atoms with E-state index in [0.717, 1.165) is 72.2 Å². The summed E-state index contributed by atoms with van der Waals surface area (Å²) >= 11 is 0. The Balaban J connectivity index is 1.11. The zero-order valence-electron chi connectivity index (χ0n) is 27.5. The van der Waals surface area contributed by atoms with E-state index in [2.05, 4.69) is 137 Å². The highest BCUT2D eigenvalue weighted by Crippen LogP contribution is 2.42. The predicted molar refractivity (Wildman–Crippen MR) is 209 cm³/mol. The largest absolute Gasteiger partial charge is 0.455 e. The van der Waals surface area contributed by atoms with E-state index in [1.807, 2.05) is 36.4 Å². The summed E-state index contributed by atoms with van der Waals surface area (Å²) in [6.45, 7) is 0. The minimum atomic E-state index is 0.809. The van der Waals surface area contributed by atoms with Crippen molar-refractivity contribution >= 4 is 43.5 Å². The Kier molecular flexibility index (Phi) is 6.78. The SMILES string of the molecule is c1ccc(-c2cc(-c3ccc(-c4cc5c6cc(-c7cccc8ccccc78)ccc6oc5c5ccccc45)cc3)cc(-c3ccccn3)n2)nc1. The molecule has 6 aromatic carbocycles. The maximum atomic E-state index is 6.59. The first kappa shape index (κ1) is 29.0. The molecule has 0 aliphatic carbocycles. The molecule has 10 aromatic rings. The van der Waals surface area contributed by atoms with Crippen LogP contribution in [0, 0.1) is 0 Å². The van der Waals surface area contributed by atoms with Gasteiger partial charge in [-0.15, -0.1) is 0 Å². The average Bonchev–Trinajstić information content (AvgIpc) is 3.59. The fraction of sp³-hybridized carbons (Fsp3) is 0. The fourth-order valence-electron chi connectivity index (χ4n) is 7.31. The van der Waals surface area contributed by atoms with Crippen molar-refractivity contribution in [2.24, 2.45) is 0 Å². The fourth-order valence-corrected chi connectivity index (χ4v) is 7.31. The smallest absolute Gasteiger partial charge is 0.143 e. The number of furan rings is 1. The van der Waals surface area contributed by atoms with Crippen LogP contribution in [0.1, 0.15) is 0 Å². The van der Waals surface area contributed by atoms with Gasteiger partial charge < -0.3 is 4.42 Å². The van der Waals surface area contributed by atoms with Crippen LogP contribution in [0.3, 0.4) is 0 Å². The Hall–Kier alpha value is -6.91. The zero-order valence-corrected chi connectivity index (χ0v) is 27.5. The van der Waals surface area contributed by atoms with Crippen molar-refractivity contribution in [1.29, 1.82) is 0 Å². The van der Waals surface area contributed by atoms with Gasteiger partial charge in [-0.3, -0.25) is 9.97 Å². The Morgan fingerprint density at radius 1 is 0.353 bits per heavy atom. The van der Waals surface area contributed by atoms with Crippen LogP contribution < -0.4 is 0 Å². The topological polar surface area (TPSA) is 51.8 Å². The van der Waals surface area contributed by atoms with Crippen LogP contribution in [-0.4, -0.2) is 15.0 Å². The van der Waals surface area contributed by atoms with Gasteiger partial charge in [0.2, 0.25) is 0 Å². The van der Waals surface area contributed by atoms with Crippen molar-refractivity contribution in [3.8, 4) is 56.2 Å². The van der Waals surface area contributed by atoms with Gasteiger partial charge in [0.05, 0.1) is 22.8 Å². The van der Waals surface area contributed by atoms with Crippen molar-refractivity contribution in [1.82, 2.24) is 15.0 Å². The molecule has 0 unspecified atom stereocenters. The normalized spacial score (nSPS) is 11.5. The molecule has 4 nitrogen and oxygen atoms in total. The van der Waals surface area contributed by atoms with E-state index in [4.69, 9.17) is 9.40 Å². The first-order valence-electron chi connectivity index (χ1n) is 17.1. The summed E-state index contributed by atoms with van der Waals surface area (Å²) in [6, 6.07) is 57.3. The third kappa shape index (κ3) is 5.04. The van der Waals surface area contributed by atoms with Crippen molar-refractivity contribution in [3.05, 3.63) is 176 Å². The predicted octanol–water partition coefficient (Wildman–Crippen LogP) is 12.4. The highest BCUT2D eigenvalue weighted by Gasteiger charge is 2.17. The molecule has 51 heavy (non-hydrogen) atoms. The van der Waals surface area contributed by atoms with Crippen LogP contribution in [-0.2, 0) is 0 Å². The van der Waals surface area contributed by atoms with E-state index >= 15 is 0 Å². The maximum Gasteiger partial charge on any atom is 0.143 e. The van der Waals surface area contributed by atoms with E-state index in [9.17, 15) is 0 Å². The monoisotopic (exact) mass is 651 g/mol. The molecule has 0 radical (unpaired) electrons. The van der Waals surface area contributed by atoms with Crippen molar-refractivity contribution in [2.75, 3.05) is 0 Å². The van der Waals surface area contributed by atoms with E-state index in [1.165, 1.54) is 27.5 Å². The first-order valence-corrected chi connectivity index (χ1v) is 17.1. The van der Waals surface area contributed by atoms with Gasteiger partial charge in [0, 0.05) is 28.6 Å². The lowest BCUT2D eigenvalue weighted by Crippen LogP contribution is -1.94. The number of benzene rings is 6. The van der Waals surface area contributed by atoms with Crippen LogP contribution in [0.5, 0.6) is 0 Å². The third-order valence-electron chi connectivity index (χ3n) is 9.79. The van der Waals surface area contributed by atoms with Crippen LogP contribution >= 0.6 is 0 Å². The number of rotatable bonds is 5. The second-order valence-electron chi connectivity index (χ2n) is 12.8. The van der Waals surface area contributed by atoms with Gasteiger partial charge in [-0.25, -0.2) is 4.98 Å². The van der Waals surface area contributed by atoms with E-state index in [-0.39, 0.29) is 0 Å². The second-order valence-corrected chi connectivity index (χ2v) is 12.8. The van der Waals surface area contributed by atoms with Gasteiger partial charge >= 0.3 is 0 Å². The highest BCUT2D eigenvalue weighted by atomic mass is 16.3. The van der Waals surface area contributed by atoms with Crippen molar-refractivity contribution in [3.63, 3.8) is 0 Å². The summed E-state index contributed by atoms with van der Waals surface area (Å²) in [5.41, 5.74) is 11.9. The molecule has 0 amide bonds. The van der Waals surface area contributed by atoms with E-state index in [0.29, 0.717) is 0 Å². The number of pyridine rings is 3. The van der Waals surface area contributed by atoms with Crippen LogP contribution in [0.25, 0.3) is 99.6 Å². The first-order chi connectivity index (χ1) is 25.3. The van der Waals surface area contributed by atoms with Crippen LogP contribution in [0.15, 0.2) is 181 Å². The summed E-state index contributed by atoms with van der Waals surface area (Å²) < 4.78 is 6.59. The van der Waals surface area contributed by atoms with Gasteiger partial charge in [0.15, 0.2) is 0 Å². The summed E-state index contributed by atoms with van der Waals surface area (Å²) in [5.74, 6) is 0. The van der Waals surface area contributed by atoms with Gasteiger partial charge in [-0.05, 0) is 104 Å². The number of hydrogen-bond acceptors (Lipinski definition) is 4. The lowest BCUT2D eigenvalue weighted by molar-refractivity contribution is 0.673. The van der Waals surface area contributed by atoms with E-state index in [1.54, 1.807) is 12.4 Å². The number of fused-ring (bicyclic) bond motifs is 6. The summed E-state index contributed by atoms with van der Waals surface area (Å²) in [7, 11) is 0. The highest BCUT2D eigenvalue weighted by molar-refractivity contribution is 6.19. The minimum Gasteiger partial charge on any atom is -0.455 e. The second kappa shape index (κ2) is 11.9. The molecule has 0 aliphatic heterocycles. The number of hydrogen-bond donors (Lipinski definition) is 0. The molecule has 0 saturated heterocycles. The number of nitrogens with zero attached hydrogens (tertiary/aromatic N) is 3. The molecule has 0 fully saturated rings. The molecule has 4 heterocycles. The summed E-state index contributed by atoms with van der Waals surface area (Å²) in [4.78, 5) is 14.1. The zero-order chi connectivity index (χ0) is 33.7. The average molecular weight is 652 g/mol. The Labute approximate surface area is 294 Å². The van der Waals surface area contributed by atoms with Gasteiger partial charge in [0.1, 0.15) is 11.2 Å². The molecule has 0 bridgehead atoms.